The third kappa shape index (κ3) is 8.21. The van der Waals surface area contributed by atoms with Crippen LogP contribution in [0.2, 0.25) is 0 Å². The van der Waals surface area contributed by atoms with Gasteiger partial charge in [0.25, 0.3) is 0 Å². The fourth-order valence-electron chi connectivity index (χ4n) is 0.830. The highest BCUT2D eigenvalue weighted by Crippen LogP contribution is 1.94. The first-order valence-electron chi connectivity index (χ1n) is 4.63. The van der Waals surface area contributed by atoms with Crippen LogP contribution < -0.4 is 4.72 Å². The molecule has 0 aromatic heterocycles. The summed E-state index contributed by atoms with van der Waals surface area (Å²) in [6, 6.07) is 0. The molecule has 0 fully saturated rings. The molecule has 13 heavy (non-hydrogen) atoms. The van der Waals surface area contributed by atoms with Crippen LogP contribution in [-0.4, -0.2) is 31.9 Å². The van der Waals surface area contributed by atoms with E-state index < -0.39 is 16.1 Å². The zero-order chi connectivity index (χ0) is 10.3. The Kier molecular flexibility index (Phi) is 6.28. The second-order valence-electron chi connectivity index (χ2n) is 3.20. The molecule has 0 heterocycles. The molecule has 0 saturated carbocycles. The molecular weight excluding hydrogens is 190 g/mol. The van der Waals surface area contributed by atoms with Crippen molar-refractivity contribution in [1.29, 1.82) is 0 Å². The van der Waals surface area contributed by atoms with Crippen molar-refractivity contribution in [3.8, 4) is 0 Å². The normalized spacial score (nSPS) is 14.4. The molecule has 0 saturated heterocycles. The molecule has 0 aliphatic heterocycles. The van der Waals surface area contributed by atoms with E-state index in [1.807, 2.05) is 6.92 Å². The zero-order valence-electron chi connectivity index (χ0n) is 8.28. The molecule has 0 aliphatic rings. The highest BCUT2D eigenvalue weighted by Gasteiger charge is 2.08. The van der Waals surface area contributed by atoms with Gasteiger partial charge in [-0.15, -0.1) is 0 Å². The van der Waals surface area contributed by atoms with Gasteiger partial charge in [-0.05, 0) is 19.8 Å². The average Bonchev–Trinajstić information content (AvgIpc) is 2.00. The molecule has 0 amide bonds. The molecule has 0 spiro atoms. The van der Waals surface area contributed by atoms with Crippen LogP contribution in [0.15, 0.2) is 0 Å². The molecule has 0 aromatic carbocycles. The van der Waals surface area contributed by atoms with Gasteiger partial charge in [0.15, 0.2) is 0 Å². The quantitative estimate of drug-likeness (QED) is 0.641. The fourth-order valence-corrected chi connectivity index (χ4v) is 2.07. The van der Waals surface area contributed by atoms with Gasteiger partial charge >= 0.3 is 0 Å². The van der Waals surface area contributed by atoms with Crippen LogP contribution in [0.1, 0.15) is 33.1 Å². The van der Waals surface area contributed by atoms with Gasteiger partial charge in [0.1, 0.15) is 0 Å². The first-order chi connectivity index (χ1) is 5.98. The lowest BCUT2D eigenvalue weighted by molar-refractivity contribution is 0.186. The van der Waals surface area contributed by atoms with Gasteiger partial charge in [-0.25, -0.2) is 13.1 Å². The predicted molar refractivity (Wildman–Crippen MR) is 53.0 cm³/mol. The maximum absolute atomic E-state index is 11.2. The van der Waals surface area contributed by atoms with Gasteiger partial charge < -0.3 is 5.11 Å². The Morgan fingerprint density at radius 2 is 2.08 bits per heavy atom. The summed E-state index contributed by atoms with van der Waals surface area (Å²) < 4.78 is 24.8. The Morgan fingerprint density at radius 3 is 2.54 bits per heavy atom. The number of nitrogens with one attached hydrogen (secondary N) is 1. The molecule has 0 aliphatic carbocycles. The van der Waals surface area contributed by atoms with E-state index >= 15 is 0 Å². The van der Waals surface area contributed by atoms with E-state index in [9.17, 15) is 8.42 Å². The minimum Gasteiger partial charge on any atom is -0.393 e. The van der Waals surface area contributed by atoms with Gasteiger partial charge in [-0.2, -0.15) is 0 Å². The van der Waals surface area contributed by atoms with Crippen LogP contribution in [0.25, 0.3) is 0 Å². The number of rotatable bonds is 7. The van der Waals surface area contributed by atoms with Crippen molar-refractivity contribution in [3.63, 3.8) is 0 Å². The maximum atomic E-state index is 11.2. The van der Waals surface area contributed by atoms with Crippen molar-refractivity contribution >= 4 is 10.0 Å². The predicted octanol–water partition coefficient (Wildman–Crippen LogP) is 0.477. The van der Waals surface area contributed by atoms with Gasteiger partial charge in [-0.3, -0.25) is 0 Å². The standard InChI is InChI=1S/C8H19NO3S/c1-3-4-7-13(11,12)9-6-5-8(2)10/h8-10H,3-7H2,1-2H3. The molecule has 1 atom stereocenters. The molecule has 0 aromatic rings. The first kappa shape index (κ1) is 12.9. The van der Waals surface area contributed by atoms with Crippen LogP contribution in [0.4, 0.5) is 0 Å². The number of unbranched alkanes of at least 4 members (excludes halogenated alkanes) is 1. The van der Waals surface area contributed by atoms with Gasteiger partial charge in [-0.1, -0.05) is 13.3 Å². The Bertz CT molecular complexity index is 211. The summed E-state index contributed by atoms with van der Waals surface area (Å²) in [6.45, 7) is 3.91. The van der Waals surface area contributed by atoms with Crippen molar-refractivity contribution in [2.24, 2.45) is 0 Å². The molecule has 1 unspecified atom stereocenters. The topological polar surface area (TPSA) is 66.4 Å². The molecule has 2 N–H and O–H groups in total. The molecule has 0 bridgehead atoms. The summed E-state index contributed by atoms with van der Waals surface area (Å²) in [5.41, 5.74) is 0. The van der Waals surface area contributed by atoms with Crippen molar-refractivity contribution in [2.75, 3.05) is 12.3 Å². The number of hydrogen-bond acceptors (Lipinski definition) is 3. The Morgan fingerprint density at radius 1 is 1.46 bits per heavy atom. The Balaban J connectivity index is 3.64. The summed E-state index contributed by atoms with van der Waals surface area (Å²) in [7, 11) is -3.10. The van der Waals surface area contributed by atoms with Crippen LogP contribution in [0.5, 0.6) is 0 Å². The number of sulfonamides is 1. The Labute approximate surface area is 80.4 Å². The van der Waals surface area contributed by atoms with E-state index in [0.717, 1.165) is 6.42 Å². The minimum absolute atomic E-state index is 0.184. The largest absolute Gasteiger partial charge is 0.393 e. The first-order valence-corrected chi connectivity index (χ1v) is 6.28. The van der Waals surface area contributed by atoms with Crippen molar-refractivity contribution in [3.05, 3.63) is 0 Å². The highest BCUT2D eigenvalue weighted by atomic mass is 32.2. The minimum atomic E-state index is -3.10. The smallest absolute Gasteiger partial charge is 0.211 e. The van der Waals surface area contributed by atoms with Crippen LogP contribution in [0, 0.1) is 0 Å². The third-order valence-corrected chi connectivity index (χ3v) is 3.12. The van der Waals surface area contributed by atoms with E-state index in [-0.39, 0.29) is 5.75 Å². The van der Waals surface area contributed by atoms with E-state index in [4.69, 9.17) is 5.11 Å². The van der Waals surface area contributed by atoms with Crippen molar-refractivity contribution < 1.29 is 13.5 Å². The SMILES string of the molecule is CCCCS(=O)(=O)NCCC(C)O. The number of hydrogen-bond donors (Lipinski definition) is 2. The Hall–Kier alpha value is -0.130. The second kappa shape index (κ2) is 6.34. The van der Waals surface area contributed by atoms with Gasteiger partial charge in [0.05, 0.1) is 11.9 Å². The van der Waals surface area contributed by atoms with Gasteiger partial charge in [0.2, 0.25) is 10.0 Å². The monoisotopic (exact) mass is 209 g/mol. The van der Waals surface area contributed by atoms with E-state index in [1.165, 1.54) is 0 Å². The molecule has 4 nitrogen and oxygen atoms in total. The highest BCUT2D eigenvalue weighted by molar-refractivity contribution is 7.89. The summed E-state index contributed by atoms with van der Waals surface area (Å²) >= 11 is 0. The molecule has 80 valence electrons. The lowest BCUT2D eigenvalue weighted by Gasteiger charge is -2.06. The molecule has 0 rings (SSSR count). The summed E-state index contributed by atoms with van der Waals surface area (Å²) in [5, 5.41) is 8.89. The van der Waals surface area contributed by atoms with E-state index in [1.54, 1.807) is 6.92 Å². The second-order valence-corrected chi connectivity index (χ2v) is 5.13. The fraction of sp³-hybridized carbons (Fsp3) is 1.00. The number of aliphatic hydroxyl groups excluding tert-OH is 1. The maximum Gasteiger partial charge on any atom is 0.211 e. The van der Waals surface area contributed by atoms with Crippen LogP contribution in [-0.2, 0) is 10.0 Å². The molecular formula is C8H19NO3S. The number of aliphatic hydroxyl groups is 1. The van der Waals surface area contributed by atoms with Crippen LogP contribution >= 0.6 is 0 Å². The van der Waals surface area contributed by atoms with Crippen LogP contribution in [0.3, 0.4) is 0 Å². The van der Waals surface area contributed by atoms with Crippen molar-refractivity contribution in [2.45, 2.75) is 39.2 Å². The van der Waals surface area contributed by atoms with Crippen molar-refractivity contribution in [1.82, 2.24) is 4.72 Å². The zero-order valence-corrected chi connectivity index (χ0v) is 9.10. The third-order valence-electron chi connectivity index (χ3n) is 1.65. The van der Waals surface area contributed by atoms with Gasteiger partial charge in [0, 0.05) is 6.54 Å². The molecule has 5 heteroatoms. The summed E-state index contributed by atoms with van der Waals surface area (Å²) in [6.07, 6.45) is 1.57. The lowest BCUT2D eigenvalue weighted by atomic mass is 10.3. The lowest BCUT2D eigenvalue weighted by Crippen LogP contribution is -2.28. The average molecular weight is 209 g/mol. The van der Waals surface area contributed by atoms with E-state index in [0.29, 0.717) is 19.4 Å². The summed E-state index contributed by atoms with van der Waals surface area (Å²) in [4.78, 5) is 0. The van der Waals surface area contributed by atoms with E-state index in [2.05, 4.69) is 4.72 Å². The molecule has 0 radical (unpaired) electrons. The summed E-state index contributed by atoms with van der Waals surface area (Å²) in [5.74, 6) is 0.184.